The van der Waals surface area contributed by atoms with Gasteiger partial charge in [0.1, 0.15) is 4.90 Å². The number of rotatable bonds is 7. The average Bonchev–Trinajstić information content (AvgIpc) is 2.93. The van der Waals surface area contributed by atoms with Crippen LogP contribution in [0.25, 0.3) is 10.9 Å². The lowest BCUT2D eigenvalue weighted by Crippen LogP contribution is -2.48. The van der Waals surface area contributed by atoms with Gasteiger partial charge in [-0.1, -0.05) is 36.4 Å². The molecule has 1 aromatic heterocycles. The number of carbonyl (C=O) groups is 1. The lowest BCUT2D eigenvalue weighted by atomic mass is 10.1. The van der Waals surface area contributed by atoms with Crippen LogP contribution in [-0.2, 0) is 16.6 Å². The van der Waals surface area contributed by atoms with Crippen molar-refractivity contribution in [2.45, 2.75) is 16.3 Å². The maximum atomic E-state index is 13.1. The van der Waals surface area contributed by atoms with Gasteiger partial charge in [0.2, 0.25) is 0 Å². The molecule has 1 saturated heterocycles. The molecule has 1 N–H and O–H groups in total. The van der Waals surface area contributed by atoms with Gasteiger partial charge >= 0.3 is 0 Å². The van der Waals surface area contributed by atoms with Gasteiger partial charge in [-0.2, -0.15) is 0 Å². The summed E-state index contributed by atoms with van der Waals surface area (Å²) in [5.41, 5.74) is 2.66. The standard InChI is InChI=1S/C28H28N4O3S2/c1-36-25-9-3-2-6-23(25)20-31-16-18-32(19-17-31)28(33)22-11-13-24(14-12-22)30-37(34,35)26-10-4-7-21-8-5-15-29-27(21)26/h2-15,30H,16-20H2,1H3. The summed E-state index contributed by atoms with van der Waals surface area (Å²) in [4.78, 5) is 23.0. The Morgan fingerprint density at radius 1 is 0.919 bits per heavy atom. The van der Waals surface area contributed by atoms with Gasteiger partial charge < -0.3 is 4.90 Å². The third-order valence-electron chi connectivity index (χ3n) is 6.52. The minimum absolute atomic E-state index is 0.0446. The van der Waals surface area contributed by atoms with Crippen LogP contribution in [0.5, 0.6) is 0 Å². The fraction of sp³-hybridized carbons (Fsp3) is 0.214. The van der Waals surface area contributed by atoms with E-state index in [1.165, 1.54) is 16.5 Å². The van der Waals surface area contributed by atoms with Gasteiger partial charge in [0.15, 0.2) is 0 Å². The lowest BCUT2D eigenvalue weighted by molar-refractivity contribution is 0.0627. The van der Waals surface area contributed by atoms with Gasteiger partial charge in [0, 0.05) is 60.5 Å². The minimum Gasteiger partial charge on any atom is -0.336 e. The molecule has 1 fully saturated rings. The summed E-state index contributed by atoms with van der Waals surface area (Å²) in [6.07, 6.45) is 3.66. The highest BCUT2D eigenvalue weighted by Gasteiger charge is 2.23. The predicted molar refractivity (Wildman–Crippen MR) is 148 cm³/mol. The topological polar surface area (TPSA) is 82.6 Å². The third kappa shape index (κ3) is 5.64. The number of nitrogens with zero attached hydrogens (tertiary/aromatic N) is 3. The zero-order valence-electron chi connectivity index (χ0n) is 20.5. The van der Waals surface area contributed by atoms with E-state index in [4.69, 9.17) is 0 Å². The number of hydrogen-bond donors (Lipinski definition) is 1. The van der Waals surface area contributed by atoms with E-state index in [-0.39, 0.29) is 10.8 Å². The molecule has 7 nitrogen and oxygen atoms in total. The second-order valence-corrected chi connectivity index (χ2v) is 11.4. The molecule has 0 bridgehead atoms. The number of thioether (sulfide) groups is 1. The molecule has 0 spiro atoms. The first-order valence-corrected chi connectivity index (χ1v) is 14.8. The number of sulfonamides is 1. The maximum absolute atomic E-state index is 13.1. The van der Waals surface area contributed by atoms with Crippen LogP contribution in [-0.4, -0.2) is 61.5 Å². The van der Waals surface area contributed by atoms with E-state index in [1.54, 1.807) is 54.4 Å². The summed E-state index contributed by atoms with van der Waals surface area (Å²) in [6, 6.07) is 23.7. The number of aromatic nitrogens is 1. The summed E-state index contributed by atoms with van der Waals surface area (Å²) in [6.45, 7) is 3.81. The molecule has 37 heavy (non-hydrogen) atoms. The molecule has 0 atom stereocenters. The molecular formula is C28H28N4O3S2. The van der Waals surface area contributed by atoms with Crippen LogP contribution >= 0.6 is 11.8 Å². The maximum Gasteiger partial charge on any atom is 0.264 e. The van der Waals surface area contributed by atoms with E-state index in [1.807, 2.05) is 17.0 Å². The molecule has 0 radical (unpaired) electrons. The molecule has 0 saturated carbocycles. The Bertz CT molecular complexity index is 1510. The van der Waals surface area contributed by atoms with Crippen molar-refractivity contribution < 1.29 is 13.2 Å². The summed E-state index contributed by atoms with van der Waals surface area (Å²) in [5.74, 6) is -0.0446. The fourth-order valence-corrected chi connectivity index (χ4v) is 6.40. The normalized spacial score (nSPS) is 14.6. The van der Waals surface area contributed by atoms with Crippen LogP contribution in [0.3, 0.4) is 0 Å². The van der Waals surface area contributed by atoms with Crippen LogP contribution < -0.4 is 4.72 Å². The molecule has 1 aliphatic rings. The third-order valence-corrected chi connectivity index (χ3v) is 8.77. The Balaban J connectivity index is 1.21. The van der Waals surface area contributed by atoms with Gasteiger partial charge in [-0.25, -0.2) is 8.42 Å². The van der Waals surface area contributed by atoms with E-state index < -0.39 is 10.0 Å². The second-order valence-electron chi connectivity index (χ2n) is 8.89. The van der Waals surface area contributed by atoms with Crippen molar-refractivity contribution in [1.82, 2.24) is 14.8 Å². The van der Waals surface area contributed by atoms with Crippen LogP contribution in [0.15, 0.2) is 94.9 Å². The monoisotopic (exact) mass is 532 g/mol. The summed E-state index contributed by atoms with van der Waals surface area (Å²) < 4.78 is 28.7. The summed E-state index contributed by atoms with van der Waals surface area (Å²) in [7, 11) is -3.85. The molecule has 5 rings (SSSR count). The van der Waals surface area contributed by atoms with Crippen molar-refractivity contribution in [3.8, 4) is 0 Å². The smallest absolute Gasteiger partial charge is 0.264 e. The molecular weight excluding hydrogens is 504 g/mol. The number of piperazine rings is 1. The highest BCUT2D eigenvalue weighted by molar-refractivity contribution is 7.98. The van der Waals surface area contributed by atoms with Crippen molar-refractivity contribution >= 4 is 44.3 Å². The molecule has 1 amide bonds. The lowest BCUT2D eigenvalue weighted by Gasteiger charge is -2.35. The van der Waals surface area contributed by atoms with E-state index >= 15 is 0 Å². The number of nitrogens with one attached hydrogen (secondary N) is 1. The van der Waals surface area contributed by atoms with Gasteiger partial charge in [-0.3, -0.25) is 19.4 Å². The zero-order valence-corrected chi connectivity index (χ0v) is 22.1. The number of carbonyl (C=O) groups excluding carboxylic acids is 1. The highest BCUT2D eigenvalue weighted by Crippen LogP contribution is 2.24. The largest absolute Gasteiger partial charge is 0.336 e. The van der Waals surface area contributed by atoms with Crippen molar-refractivity contribution in [2.75, 3.05) is 37.2 Å². The van der Waals surface area contributed by atoms with Crippen molar-refractivity contribution in [1.29, 1.82) is 0 Å². The summed E-state index contributed by atoms with van der Waals surface area (Å²) in [5, 5.41) is 0.750. The SMILES string of the molecule is CSc1ccccc1CN1CCN(C(=O)c2ccc(NS(=O)(=O)c3cccc4cccnc34)cc2)CC1. The summed E-state index contributed by atoms with van der Waals surface area (Å²) >= 11 is 1.75. The molecule has 190 valence electrons. The van der Waals surface area contributed by atoms with E-state index in [2.05, 4.69) is 45.1 Å². The van der Waals surface area contributed by atoms with E-state index in [0.717, 1.165) is 25.0 Å². The molecule has 1 aliphatic heterocycles. The van der Waals surface area contributed by atoms with Crippen molar-refractivity contribution in [2.24, 2.45) is 0 Å². The first-order chi connectivity index (χ1) is 17.9. The molecule has 3 aromatic carbocycles. The van der Waals surface area contributed by atoms with Gasteiger partial charge in [0.05, 0.1) is 5.52 Å². The Kier molecular flexibility index (Phi) is 7.45. The first-order valence-electron chi connectivity index (χ1n) is 12.0. The van der Waals surface area contributed by atoms with Crippen LogP contribution in [0, 0.1) is 0 Å². The quantitative estimate of drug-likeness (QED) is 0.347. The molecule has 2 heterocycles. The number of fused-ring (bicyclic) bond motifs is 1. The van der Waals surface area contributed by atoms with Crippen LogP contribution in [0.4, 0.5) is 5.69 Å². The number of amides is 1. The number of pyridine rings is 1. The molecule has 9 heteroatoms. The average molecular weight is 533 g/mol. The molecule has 0 unspecified atom stereocenters. The predicted octanol–water partition coefficient (Wildman–Crippen LogP) is 4.72. The van der Waals surface area contributed by atoms with Crippen molar-refractivity contribution in [3.63, 3.8) is 0 Å². The number of anilines is 1. The zero-order chi connectivity index (χ0) is 25.8. The van der Waals surface area contributed by atoms with E-state index in [9.17, 15) is 13.2 Å². The Morgan fingerprint density at radius 2 is 1.65 bits per heavy atom. The fourth-order valence-electron chi connectivity index (χ4n) is 4.55. The Morgan fingerprint density at radius 3 is 2.41 bits per heavy atom. The molecule has 4 aromatic rings. The Labute approximate surface area is 221 Å². The van der Waals surface area contributed by atoms with E-state index in [0.29, 0.717) is 29.9 Å². The minimum atomic E-state index is -3.85. The second kappa shape index (κ2) is 10.9. The molecule has 0 aliphatic carbocycles. The van der Waals surface area contributed by atoms with Crippen LogP contribution in [0.1, 0.15) is 15.9 Å². The van der Waals surface area contributed by atoms with Crippen LogP contribution in [0.2, 0.25) is 0 Å². The first kappa shape index (κ1) is 25.3. The Hall–Kier alpha value is -3.40. The van der Waals surface area contributed by atoms with Crippen molar-refractivity contribution in [3.05, 3.63) is 96.2 Å². The van der Waals surface area contributed by atoms with Gasteiger partial charge in [-0.05, 0) is 54.3 Å². The highest BCUT2D eigenvalue weighted by atomic mass is 32.2. The number of benzene rings is 3. The number of para-hydroxylation sites is 1. The van der Waals surface area contributed by atoms with Gasteiger partial charge in [0.25, 0.3) is 15.9 Å². The number of hydrogen-bond acceptors (Lipinski definition) is 6. The van der Waals surface area contributed by atoms with Gasteiger partial charge in [-0.15, -0.1) is 11.8 Å².